The van der Waals surface area contributed by atoms with Crippen molar-refractivity contribution >= 4 is 11.9 Å². The van der Waals surface area contributed by atoms with E-state index in [-0.39, 0.29) is 12.1 Å². The largest absolute Gasteiger partial charge is 0.481 e. The number of carbonyl (C=O) groups is 2. The second-order valence-corrected chi connectivity index (χ2v) is 5.38. The van der Waals surface area contributed by atoms with E-state index in [9.17, 15) is 14.0 Å². The molecule has 0 bridgehead atoms. The van der Waals surface area contributed by atoms with Crippen LogP contribution in [0.15, 0.2) is 24.3 Å². The molecule has 0 aliphatic rings. The number of amides is 1. The summed E-state index contributed by atoms with van der Waals surface area (Å²) >= 11 is 0. The van der Waals surface area contributed by atoms with Gasteiger partial charge in [-0.05, 0) is 26.0 Å². The SMILES string of the molecule is CN(C)N(CC(C)(C)C(=O)O)C(=O)c1ccccc1F. The number of carbonyl (C=O) groups excluding carboxylic acids is 1. The Labute approximate surface area is 117 Å². The van der Waals surface area contributed by atoms with Gasteiger partial charge in [0.25, 0.3) is 5.91 Å². The summed E-state index contributed by atoms with van der Waals surface area (Å²) in [6.07, 6.45) is 0. The molecule has 0 aromatic heterocycles. The van der Waals surface area contributed by atoms with Crippen molar-refractivity contribution in [1.82, 2.24) is 10.0 Å². The zero-order valence-corrected chi connectivity index (χ0v) is 12.1. The monoisotopic (exact) mass is 282 g/mol. The van der Waals surface area contributed by atoms with Crippen molar-refractivity contribution in [3.63, 3.8) is 0 Å². The zero-order chi connectivity index (χ0) is 15.5. The number of hydrazine groups is 1. The molecule has 0 unspecified atom stereocenters. The van der Waals surface area contributed by atoms with Gasteiger partial charge in [-0.3, -0.25) is 14.6 Å². The van der Waals surface area contributed by atoms with Crippen molar-refractivity contribution in [2.45, 2.75) is 13.8 Å². The molecule has 0 aliphatic heterocycles. The lowest BCUT2D eigenvalue weighted by atomic mass is 9.93. The van der Waals surface area contributed by atoms with Crippen molar-refractivity contribution in [3.8, 4) is 0 Å². The summed E-state index contributed by atoms with van der Waals surface area (Å²) < 4.78 is 13.7. The van der Waals surface area contributed by atoms with Crippen LogP contribution >= 0.6 is 0 Å². The lowest BCUT2D eigenvalue weighted by molar-refractivity contribution is -0.149. The first-order chi connectivity index (χ1) is 9.16. The van der Waals surface area contributed by atoms with Crippen LogP contribution in [0.4, 0.5) is 4.39 Å². The van der Waals surface area contributed by atoms with Crippen LogP contribution < -0.4 is 0 Å². The van der Waals surface area contributed by atoms with Gasteiger partial charge in [0.05, 0.1) is 17.5 Å². The summed E-state index contributed by atoms with van der Waals surface area (Å²) in [6.45, 7) is 2.98. The van der Waals surface area contributed by atoms with Gasteiger partial charge in [0, 0.05) is 14.1 Å². The van der Waals surface area contributed by atoms with Gasteiger partial charge in [-0.15, -0.1) is 0 Å². The van der Waals surface area contributed by atoms with Gasteiger partial charge < -0.3 is 5.11 Å². The first-order valence-corrected chi connectivity index (χ1v) is 6.14. The smallest absolute Gasteiger partial charge is 0.310 e. The second kappa shape index (κ2) is 6.00. The number of aliphatic carboxylic acids is 1. The van der Waals surface area contributed by atoms with Crippen LogP contribution in [0.2, 0.25) is 0 Å². The van der Waals surface area contributed by atoms with E-state index in [2.05, 4.69) is 0 Å². The van der Waals surface area contributed by atoms with E-state index in [1.54, 1.807) is 20.2 Å². The quantitative estimate of drug-likeness (QED) is 0.837. The van der Waals surface area contributed by atoms with Crippen molar-refractivity contribution < 1.29 is 19.1 Å². The normalized spacial score (nSPS) is 11.5. The Morgan fingerprint density at radius 1 is 1.25 bits per heavy atom. The van der Waals surface area contributed by atoms with Crippen LogP contribution in [-0.2, 0) is 4.79 Å². The first-order valence-electron chi connectivity index (χ1n) is 6.14. The Kier molecular flexibility index (Phi) is 4.83. The molecule has 110 valence electrons. The number of nitrogens with zero attached hydrogens (tertiary/aromatic N) is 2. The summed E-state index contributed by atoms with van der Waals surface area (Å²) in [4.78, 5) is 23.5. The van der Waals surface area contributed by atoms with E-state index in [1.165, 1.54) is 42.1 Å². The highest BCUT2D eigenvalue weighted by atomic mass is 19.1. The van der Waals surface area contributed by atoms with Crippen LogP contribution in [0.25, 0.3) is 0 Å². The van der Waals surface area contributed by atoms with E-state index in [0.29, 0.717) is 0 Å². The third-order valence-corrected chi connectivity index (χ3v) is 2.95. The molecule has 1 aromatic rings. The molecule has 0 aliphatic carbocycles. The number of hydrogen-bond acceptors (Lipinski definition) is 3. The number of carboxylic acids is 1. The number of carboxylic acid groups (broad SMARTS) is 1. The van der Waals surface area contributed by atoms with Crippen molar-refractivity contribution in [2.24, 2.45) is 5.41 Å². The third kappa shape index (κ3) is 3.54. The molecule has 0 heterocycles. The fraction of sp³-hybridized carbons (Fsp3) is 0.429. The van der Waals surface area contributed by atoms with Crippen LogP contribution in [0, 0.1) is 11.2 Å². The lowest BCUT2D eigenvalue weighted by Gasteiger charge is -2.34. The van der Waals surface area contributed by atoms with Crippen molar-refractivity contribution in [1.29, 1.82) is 0 Å². The molecule has 20 heavy (non-hydrogen) atoms. The molecular formula is C14H19FN2O3. The number of rotatable bonds is 5. The van der Waals surface area contributed by atoms with E-state index in [1.807, 2.05) is 0 Å². The molecule has 1 aromatic carbocycles. The second-order valence-electron chi connectivity index (χ2n) is 5.38. The molecule has 6 heteroatoms. The summed E-state index contributed by atoms with van der Waals surface area (Å²) in [5.74, 6) is -2.22. The van der Waals surface area contributed by atoms with Crippen molar-refractivity contribution in [3.05, 3.63) is 35.6 Å². The maximum atomic E-state index is 13.7. The highest BCUT2D eigenvalue weighted by Gasteiger charge is 2.33. The summed E-state index contributed by atoms with van der Waals surface area (Å²) in [5, 5.41) is 11.8. The molecular weight excluding hydrogens is 263 g/mol. The molecule has 1 rings (SSSR count). The minimum Gasteiger partial charge on any atom is -0.481 e. The average Bonchev–Trinajstić information content (AvgIpc) is 2.35. The Balaban J connectivity index is 3.07. The summed E-state index contributed by atoms with van der Waals surface area (Å²) in [6, 6.07) is 5.63. The van der Waals surface area contributed by atoms with Crippen LogP contribution in [0.1, 0.15) is 24.2 Å². The Hall–Kier alpha value is -1.95. The molecule has 0 atom stereocenters. The third-order valence-electron chi connectivity index (χ3n) is 2.95. The minimum atomic E-state index is -1.13. The van der Waals surface area contributed by atoms with E-state index >= 15 is 0 Å². The Bertz CT molecular complexity index is 515. The Morgan fingerprint density at radius 3 is 2.25 bits per heavy atom. The number of benzene rings is 1. The predicted molar refractivity (Wildman–Crippen MR) is 72.5 cm³/mol. The summed E-state index contributed by atoms with van der Waals surface area (Å²) in [5.41, 5.74) is -1.21. The maximum Gasteiger partial charge on any atom is 0.310 e. The van der Waals surface area contributed by atoms with Crippen LogP contribution in [-0.4, -0.2) is 47.6 Å². The number of halogens is 1. The number of hydrogen-bond donors (Lipinski definition) is 1. The standard InChI is InChI=1S/C14H19FN2O3/c1-14(2,13(19)20)9-17(16(3)4)12(18)10-7-5-6-8-11(10)15/h5-8H,9H2,1-4H3,(H,19,20). The van der Waals surface area contributed by atoms with Gasteiger partial charge in [0.1, 0.15) is 5.82 Å². The van der Waals surface area contributed by atoms with Gasteiger partial charge in [-0.1, -0.05) is 12.1 Å². The molecule has 0 radical (unpaired) electrons. The van der Waals surface area contributed by atoms with Gasteiger partial charge in [0.2, 0.25) is 0 Å². The van der Waals surface area contributed by atoms with Crippen molar-refractivity contribution in [2.75, 3.05) is 20.6 Å². The highest BCUT2D eigenvalue weighted by Crippen LogP contribution is 2.20. The zero-order valence-electron chi connectivity index (χ0n) is 12.1. The van der Waals surface area contributed by atoms with E-state index in [4.69, 9.17) is 5.11 Å². The van der Waals surface area contributed by atoms with Crippen LogP contribution in [0.3, 0.4) is 0 Å². The van der Waals surface area contributed by atoms with Crippen LogP contribution in [0.5, 0.6) is 0 Å². The molecule has 0 fully saturated rings. The Morgan fingerprint density at radius 2 is 1.80 bits per heavy atom. The molecule has 0 spiro atoms. The predicted octanol–water partition coefficient (Wildman–Crippen LogP) is 1.86. The highest BCUT2D eigenvalue weighted by molar-refractivity contribution is 5.94. The summed E-state index contributed by atoms with van der Waals surface area (Å²) in [7, 11) is 3.22. The van der Waals surface area contributed by atoms with E-state index in [0.717, 1.165) is 0 Å². The molecule has 0 saturated carbocycles. The minimum absolute atomic E-state index is 0.0531. The topological polar surface area (TPSA) is 60.9 Å². The molecule has 1 N–H and O–H groups in total. The fourth-order valence-electron chi connectivity index (χ4n) is 1.61. The van der Waals surface area contributed by atoms with E-state index < -0.39 is 23.1 Å². The maximum absolute atomic E-state index is 13.7. The van der Waals surface area contributed by atoms with Gasteiger partial charge in [0.15, 0.2) is 0 Å². The molecule has 5 nitrogen and oxygen atoms in total. The van der Waals surface area contributed by atoms with Gasteiger partial charge >= 0.3 is 5.97 Å². The average molecular weight is 282 g/mol. The first kappa shape index (κ1) is 16.1. The lowest BCUT2D eigenvalue weighted by Crippen LogP contribution is -2.49. The molecule has 0 saturated heterocycles. The van der Waals surface area contributed by atoms with Gasteiger partial charge in [-0.2, -0.15) is 0 Å². The molecule has 1 amide bonds. The van der Waals surface area contributed by atoms with Gasteiger partial charge in [-0.25, -0.2) is 9.40 Å². The fourth-order valence-corrected chi connectivity index (χ4v) is 1.61.